The fraction of sp³-hybridized carbons (Fsp3) is 0.467. The van der Waals surface area contributed by atoms with E-state index in [9.17, 15) is 14.0 Å². The van der Waals surface area contributed by atoms with E-state index in [0.29, 0.717) is 5.56 Å². The summed E-state index contributed by atoms with van der Waals surface area (Å²) < 4.78 is 13.2. The molecule has 3 rings (SSSR count). The van der Waals surface area contributed by atoms with Crippen molar-refractivity contribution in [1.29, 1.82) is 0 Å². The number of amides is 2. The van der Waals surface area contributed by atoms with Crippen molar-refractivity contribution in [3.63, 3.8) is 0 Å². The highest BCUT2D eigenvalue weighted by molar-refractivity contribution is 6.05. The average Bonchev–Trinajstić information content (AvgIpc) is 2.99. The van der Waals surface area contributed by atoms with Gasteiger partial charge in [0, 0.05) is 12.6 Å². The molecule has 4 nitrogen and oxygen atoms in total. The molecule has 3 unspecified atom stereocenters. The van der Waals surface area contributed by atoms with Crippen LogP contribution in [0.2, 0.25) is 0 Å². The highest BCUT2D eigenvalue weighted by Crippen LogP contribution is 2.40. The number of fused-ring (bicyclic) bond motifs is 1. The lowest BCUT2D eigenvalue weighted by Gasteiger charge is -2.20. The van der Waals surface area contributed by atoms with Gasteiger partial charge < -0.3 is 5.73 Å². The molecule has 2 aliphatic rings. The topological polar surface area (TPSA) is 63.4 Å². The number of benzene rings is 1. The molecule has 2 N–H and O–H groups in total. The number of hydrogen-bond donors (Lipinski definition) is 1. The number of imide groups is 1. The fourth-order valence-electron chi connectivity index (χ4n) is 3.28. The molecule has 2 fully saturated rings. The summed E-state index contributed by atoms with van der Waals surface area (Å²) in [7, 11) is 0. The Morgan fingerprint density at radius 2 is 1.90 bits per heavy atom. The van der Waals surface area contributed by atoms with E-state index in [1.165, 1.54) is 17.0 Å². The maximum Gasteiger partial charge on any atom is 0.233 e. The summed E-state index contributed by atoms with van der Waals surface area (Å²) in [5.41, 5.74) is 6.61. The van der Waals surface area contributed by atoms with Gasteiger partial charge in [-0.25, -0.2) is 4.39 Å². The van der Waals surface area contributed by atoms with Crippen LogP contribution in [0.25, 0.3) is 0 Å². The second-order valence-corrected chi connectivity index (χ2v) is 5.59. The number of hydrogen-bond acceptors (Lipinski definition) is 3. The Bertz CT molecular complexity index is 539. The van der Waals surface area contributed by atoms with E-state index in [1.807, 2.05) is 0 Å². The van der Waals surface area contributed by atoms with Crippen molar-refractivity contribution in [3.8, 4) is 0 Å². The summed E-state index contributed by atoms with van der Waals surface area (Å²) in [4.78, 5) is 25.7. The van der Waals surface area contributed by atoms with Crippen molar-refractivity contribution in [2.75, 3.05) is 6.54 Å². The van der Waals surface area contributed by atoms with Gasteiger partial charge in [0.1, 0.15) is 5.82 Å². The first kappa shape index (κ1) is 13.2. The first-order valence-electron chi connectivity index (χ1n) is 6.94. The number of likely N-dealkylation sites (tertiary alicyclic amines) is 1. The van der Waals surface area contributed by atoms with Gasteiger partial charge in [0.15, 0.2) is 0 Å². The van der Waals surface area contributed by atoms with Crippen molar-refractivity contribution < 1.29 is 14.0 Å². The van der Waals surface area contributed by atoms with Crippen LogP contribution in [0, 0.1) is 17.7 Å². The Kier molecular flexibility index (Phi) is 3.30. The SMILES string of the molecule is NC(CN1C(=O)C2CCCC2C1=O)c1cccc(F)c1. The Labute approximate surface area is 116 Å². The summed E-state index contributed by atoms with van der Waals surface area (Å²) >= 11 is 0. The zero-order valence-corrected chi connectivity index (χ0v) is 11.1. The van der Waals surface area contributed by atoms with Crippen LogP contribution in [0.1, 0.15) is 30.9 Å². The predicted octanol–water partition coefficient (Wildman–Crippen LogP) is 1.61. The van der Waals surface area contributed by atoms with Gasteiger partial charge in [0.05, 0.1) is 11.8 Å². The first-order chi connectivity index (χ1) is 9.58. The molecule has 20 heavy (non-hydrogen) atoms. The van der Waals surface area contributed by atoms with Gasteiger partial charge in [0.25, 0.3) is 0 Å². The average molecular weight is 276 g/mol. The van der Waals surface area contributed by atoms with E-state index < -0.39 is 6.04 Å². The zero-order valence-electron chi connectivity index (χ0n) is 11.1. The molecule has 0 aromatic heterocycles. The Morgan fingerprint density at radius 1 is 1.25 bits per heavy atom. The van der Waals surface area contributed by atoms with Crippen molar-refractivity contribution in [3.05, 3.63) is 35.6 Å². The van der Waals surface area contributed by atoms with Crippen LogP contribution in [0.5, 0.6) is 0 Å². The van der Waals surface area contributed by atoms with Gasteiger partial charge in [-0.2, -0.15) is 0 Å². The summed E-state index contributed by atoms with van der Waals surface area (Å²) in [5.74, 6) is -0.882. The maximum absolute atomic E-state index is 13.2. The number of carbonyl (C=O) groups excluding carboxylic acids is 2. The van der Waals surface area contributed by atoms with E-state index in [2.05, 4.69) is 0 Å². The molecule has 106 valence electrons. The standard InChI is InChI=1S/C15H17FN2O2/c16-10-4-1-3-9(7-10)13(17)8-18-14(19)11-5-2-6-12(11)15(18)20/h1,3-4,7,11-13H,2,5-6,8,17H2. The molecule has 2 amide bonds. The molecule has 0 spiro atoms. The smallest absolute Gasteiger partial charge is 0.233 e. The summed E-state index contributed by atoms with van der Waals surface area (Å²) in [6.45, 7) is 0.133. The summed E-state index contributed by atoms with van der Waals surface area (Å²) in [6, 6.07) is 5.42. The third-order valence-electron chi connectivity index (χ3n) is 4.34. The van der Waals surface area contributed by atoms with Crippen LogP contribution in [-0.2, 0) is 9.59 Å². The predicted molar refractivity (Wildman–Crippen MR) is 70.9 cm³/mol. The van der Waals surface area contributed by atoms with Crippen molar-refractivity contribution in [2.45, 2.75) is 25.3 Å². The van der Waals surface area contributed by atoms with Crippen LogP contribution in [0.4, 0.5) is 4.39 Å². The zero-order chi connectivity index (χ0) is 14.3. The lowest BCUT2D eigenvalue weighted by atomic mass is 10.00. The molecule has 3 atom stereocenters. The van der Waals surface area contributed by atoms with Crippen molar-refractivity contribution >= 4 is 11.8 Å². The van der Waals surface area contributed by atoms with E-state index in [-0.39, 0.29) is 36.0 Å². The van der Waals surface area contributed by atoms with Crippen LogP contribution >= 0.6 is 0 Å². The van der Waals surface area contributed by atoms with Crippen LogP contribution < -0.4 is 5.73 Å². The Hall–Kier alpha value is -1.75. The summed E-state index contributed by atoms with van der Waals surface area (Å²) in [5, 5.41) is 0. The van der Waals surface area contributed by atoms with Gasteiger partial charge in [-0.15, -0.1) is 0 Å². The molecule has 1 aliphatic carbocycles. The highest BCUT2D eigenvalue weighted by atomic mass is 19.1. The molecule has 0 radical (unpaired) electrons. The largest absolute Gasteiger partial charge is 0.322 e. The van der Waals surface area contributed by atoms with Crippen molar-refractivity contribution in [1.82, 2.24) is 4.90 Å². The lowest BCUT2D eigenvalue weighted by molar-refractivity contribution is -0.140. The molecule has 1 aliphatic heterocycles. The van der Waals surface area contributed by atoms with E-state index >= 15 is 0 Å². The quantitative estimate of drug-likeness (QED) is 0.853. The monoisotopic (exact) mass is 276 g/mol. The van der Waals surface area contributed by atoms with Crippen LogP contribution in [0.15, 0.2) is 24.3 Å². The molecule has 0 bridgehead atoms. The molecule has 1 heterocycles. The van der Waals surface area contributed by atoms with Crippen molar-refractivity contribution in [2.24, 2.45) is 17.6 Å². The second-order valence-electron chi connectivity index (χ2n) is 5.59. The lowest BCUT2D eigenvalue weighted by Crippen LogP contribution is -2.37. The minimum atomic E-state index is -0.544. The molecule has 1 aromatic rings. The number of rotatable bonds is 3. The Morgan fingerprint density at radius 3 is 2.50 bits per heavy atom. The number of halogens is 1. The maximum atomic E-state index is 13.2. The molecule has 1 saturated heterocycles. The number of nitrogens with two attached hydrogens (primary N) is 1. The number of nitrogens with zero attached hydrogens (tertiary/aromatic N) is 1. The second kappa shape index (κ2) is 4.98. The van der Waals surface area contributed by atoms with Gasteiger partial charge in [-0.05, 0) is 30.5 Å². The molecular weight excluding hydrogens is 259 g/mol. The van der Waals surface area contributed by atoms with Crippen LogP contribution in [-0.4, -0.2) is 23.3 Å². The third-order valence-corrected chi connectivity index (χ3v) is 4.34. The van der Waals surface area contributed by atoms with Gasteiger partial charge >= 0.3 is 0 Å². The highest BCUT2D eigenvalue weighted by Gasteiger charge is 2.49. The fourth-order valence-corrected chi connectivity index (χ4v) is 3.28. The van der Waals surface area contributed by atoms with Gasteiger partial charge in [-0.1, -0.05) is 18.6 Å². The van der Waals surface area contributed by atoms with Crippen LogP contribution in [0.3, 0.4) is 0 Å². The summed E-state index contributed by atoms with van der Waals surface area (Å²) in [6.07, 6.45) is 2.53. The first-order valence-corrected chi connectivity index (χ1v) is 6.94. The van der Waals surface area contributed by atoms with Gasteiger partial charge in [0.2, 0.25) is 11.8 Å². The van der Waals surface area contributed by atoms with E-state index in [1.54, 1.807) is 12.1 Å². The minimum absolute atomic E-state index is 0.107. The molecular formula is C15H17FN2O2. The third kappa shape index (κ3) is 2.12. The van der Waals surface area contributed by atoms with Gasteiger partial charge in [-0.3, -0.25) is 14.5 Å². The van der Waals surface area contributed by atoms with E-state index in [0.717, 1.165) is 19.3 Å². The number of carbonyl (C=O) groups is 2. The van der Waals surface area contributed by atoms with E-state index in [4.69, 9.17) is 5.73 Å². The Balaban J connectivity index is 1.75. The molecule has 1 saturated carbocycles. The normalized spacial score (nSPS) is 27.0. The minimum Gasteiger partial charge on any atom is -0.322 e. The molecule has 1 aromatic carbocycles. The molecule has 5 heteroatoms.